The van der Waals surface area contributed by atoms with Gasteiger partial charge in [0.15, 0.2) is 0 Å². The molecule has 1 saturated heterocycles. The molecule has 0 unspecified atom stereocenters. The molecule has 0 radical (unpaired) electrons. The third kappa shape index (κ3) is 2.70. The molecule has 5 nitrogen and oxygen atoms in total. The first-order valence-corrected chi connectivity index (χ1v) is 7.28. The summed E-state index contributed by atoms with van der Waals surface area (Å²) in [6.07, 6.45) is 3.27. The summed E-state index contributed by atoms with van der Waals surface area (Å²) < 4.78 is 35.9. The molecule has 1 atom stereocenters. The van der Waals surface area contributed by atoms with Crippen LogP contribution in [0.25, 0.3) is 0 Å². The van der Waals surface area contributed by atoms with Crippen LogP contribution in [-0.4, -0.2) is 38.7 Å². The van der Waals surface area contributed by atoms with Gasteiger partial charge in [0, 0.05) is 13.7 Å². The van der Waals surface area contributed by atoms with Crippen molar-refractivity contribution < 1.29 is 17.6 Å². The molecule has 1 aliphatic heterocycles. The van der Waals surface area contributed by atoms with E-state index in [1.807, 2.05) is 6.07 Å². The van der Waals surface area contributed by atoms with Crippen LogP contribution in [0.4, 0.5) is 0 Å². The van der Waals surface area contributed by atoms with Crippen LogP contribution in [0.2, 0.25) is 0 Å². The first-order chi connectivity index (χ1) is 8.15. The smallest absolute Gasteiger partial charge is 0.217 e. The number of hydrogen-bond acceptors (Lipinski definition) is 4. The number of furan rings is 1. The maximum absolute atomic E-state index is 12.1. The number of sulfonamides is 1. The van der Waals surface area contributed by atoms with Gasteiger partial charge in [-0.3, -0.25) is 0 Å². The summed E-state index contributed by atoms with van der Waals surface area (Å²) in [5.41, 5.74) is 0. The maximum Gasteiger partial charge on any atom is 0.217 e. The molecule has 0 bridgehead atoms. The van der Waals surface area contributed by atoms with Crippen molar-refractivity contribution in [3.63, 3.8) is 0 Å². The maximum atomic E-state index is 12.1. The molecule has 96 valence electrons. The fourth-order valence-corrected chi connectivity index (χ4v) is 3.76. The van der Waals surface area contributed by atoms with Crippen LogP contribution in [-0.2, 0) is 14.8 Å². The van der Waals surface area contributed by atoms with Gasteiger partial charge in [0.1, 0.15) is 5.76 Å². The molecule has 0 spiro atoms. The first kappa shape index (κ1) is 12.6. The van der Waals surface area contributed by atoms with E-state index in [0.29, 0.717) is 6.54 Å². The SMILES string of the molecule is COCCS(=O)(=O)N1CCC[C@@H]1c1ccco1. The molecular weight excluding hydrogens is 242 g/mol. The molecule has 1 aromatic rings. The molecule has 17 heavy (non-hydrogen) atoms. The molecule has 1 aliphatic rings. The summed E-state index contributed by atoms with van der Waals surface area (Å²) >= 11 is 0. The fraction of sp³-hybridized carbons (Fsp3) is 0.636. The molecule has 0 aromatic carbocycles. The van der Waals surface area contributed by atoms with Crippen molar-refractivity contribution >= 4 is 10.0 Å². The molecule has 0 N–H and O–H groups in total. The predicted molar refractivity (Wildman–Crippen MR) is 63.1 cm³/mol. The zero-order chi connectivity index (χ0) is 12.3. The summed E-state index contributed by atoms with van der Waals surface area (Å²) in [4.78, 5) is 0. The molecule has 0 aliphatic carbocycles. The van der Waals surface area contributed by atoms with Crippen LogP contribution in [0.1, 0.15) is 24.6 Å². The highest BCUT2D eigenvalue weighted by Gasteiger charge is 2.36. The molecule has 1 aromatic heterocycles. The molecule has 0 amide bonds. The predicted octanol–water partition coefficient (Wildman–Crippen LogP) is 1.39. The van der Waals surface area contributed by atoms with E-state index in [0.717, 1.165) is 18.6 Å². The summed E-state index contributed by atoms with van der Waals surface area (Å²) in [5.74, 6) is 0.754. The highest BCUT2D eigenvalue weighted by Crippen LogP contribution is 2.34. The van der Waals surface area contributed by atoms with Gasteiger partial charge in [0.05, 0.1) is 24.7 Å². The van der Waals surface area contributed by atoms with E-state index in [4.69, 9.17) is 9.15 Å². The second-order valence-electron chi connectivity index (χ2n) is 4.09. The highest BCUT2D eigenvalue weighted by atomic mass is 32.2. The summed E-state index contributed by atoms with van der Waals surface area (Å²) in [5, 5.41) is 0. The van der Waals surface area contributed by atoms with Crippen LogP contribution >= 0.6 is 0 Å². The summed E-state index contributed by atoms with van der Waals surface area (Å²) in [7, 11) is -1.75. The Morgan fingerprint density at radius 3 is 3.06 bits per heavy atom. The van der Waals surface area contributed by atoms with E-state index in [1.165, 1.54) is 11.4 Å². The topological polar surface area (TPSA) is 59.8 Å². The lowest BCUT2D eigenvalue weighted by atomic mass is 10.2. The Kier molecular flexibility index (Phi) is 3.86. The van der Waals surface area contributed by atoms with Crippen molar-refractivity contribution in [1.29, 1.82) is 0 Å². The lowest BCUT2D eigenvalue weighted by molar-refractivity contribution is 0.214. The largest absolute Gasteiger partial charge is 0.468 e. The van der Waals surface area contributed by atoms with Gasteiger partial charge in [0.2, 0.25) is 10.0 Å². The minimum Gasteiger partial charge on any atom is -0.468 e. The minimum absolute atomic E-state index is 0.0285. The third-order valence-corrected chi connectivity index (χ3v) is 4.81. The van der Waals surface area contributed by atoms with Gasteiger partial charge in [-0.25, -0.2) is 8.42 Å². The van der Waals surface area contributed by atoms with Crippen molar-refractivity contribution in [2.24, 2.45) is 0 Å². The van der Waals surface area contributed by atoms with Crippen LogP contribution in [0, 0.1) is 0 Å². The second-order valence-corrected chi connectivity index (χ2v) is 6.13. The number of methoxy groups -OCH3 is 1. The molecular formula is C11H17NO4S. The molecule has 2 heterocycles. The average molecular weight is 259 g/mol. The Morgan fingerprint density at radius 1 is 1.59 bits per heavy atom. The van der Waals surface area contributed by atoms with Gasteiger partial charge in [0.25, 0.3) is 0 Å². The Hall–Kier alpha value is -0.850. The van der Waals surface area contributed by atoms with Crippen molar-refractivity contribution in [1.82, 2.24) is 4.31 Å². The monoisotopic (exact) mass is 259 g/mol. The molecule has 6 heteroatoms. The van der Waals surface area contributed by atoms with E-state index in [-0.39, 0.29) is 18.4 Å². The number of hydrogen-bond donors (Lipinski definition) is 0. The Bertz CT molecular complexity index is 440. The van der Waals surface area contributed by atoms with E-state index >= 15 is 0 Å². The molecule has 1 fully saturated rings. The van der Waals surface area contributed by atoms with Gasteiger partial charge in [-0.05, 0) is 25.0 Å². The second kappa shape index (κ2) is 5.20. The average Bonchev–Trinajstić information content (AvgIpc) is 2.95. The van der Waals surface area contributed by atoms with E-state index in [2.05, 4.69) is 0 Å². The Labute approximate surface area is 101 Å². The number of rotatable bonds is 5. The van der Waals surface area contributed by atoms with Crippen LogP contribution in [0.3, 0.4) is 0 Å². The number of ether oxygens (including phenoxy) is 1. The minimum atomic E-state index is -3.25. The lowest BCUT2D eigenvalue weighted by Gasteiger charge is -2.22. The van der Waals surface area contributed by atoms with Gasteiger partial charge in [-0.15, -0.1) is 0 Å². The van der Waals surface area contributed by atoms with Crippen molar-refractivity contribution in [2.75, 3.05) is 26.0 Å². The lowest BCUT2D eigenvalue weighted by Crippen LogP contribution is -2.33. The van der Waals surface area contributed by atoms with E-state index in [9.17, 15) is 8.42 Å². The van der Waals surface area contributed by atoms with Gasteiger partial charge >= 0.3 is 0 Å². The van der Waals surface area contributed by atoms with Gasteiger partial charge < -0.3 is 9.15 Å². The van der Waals surface area contributed by atoms with Crippen molar-refractivity contribution in [3.05, 3.63) is 24.2 Å². The first-order valence-electron chi connectivity index (χ1n) is 5.67. The highest BCUT2D eigenvalue weighted by molar-refractivity contribution is 7.89. The zero-order valence-corrected chi connectivity index (χ0v) is 10.6. The van der Waals surface area contributed by atoms with Crippen LogP contribution in [0.15, 0.2) is 22.8 Å². The summed E-state index contributed by atoms with van der Waals surface area (Å²) in [6.45, 7) is 0.793. The van der Waals surface area contributed by atoms with Crippen LogP contribution < -0.4 is 0 Å². The fourth-order valence-electron chi connectivity index (χ4n) is 2.14. The van der Waals surface area contributed by atoms with E-state index in [1.54, 1.807) is 12.3 Å². The number of nitrogens with zero attached hydrogens (tertiary/aromatic N) is 1. The molecule has 0 saturated carbocycles. The Balaban J connectivity index is 2.14. The van der Waals surface area contributed by atoms with E-state index < -0.39 is 10.0 Å². The molecule has 2 rings (SSSR count). The third-order valence-electron chi connectivity index (χ3n) is 2.98. The zero-order valence-electron chi connectivity index (χ0n) is 9.83. The standard InChI is InChI=1S/C11H17NO4S/c1-15-8-9-17(13,14)12-6-2-4-10(12)11-5-3-7-16-11/h3,5,7,10H,2,4,6,8-9H2,1H3/t10-/m1/s1. The van der Waals surface area contributed by atoms with Gasteiger partial charge in [-0.2, -0.15) is 4.31 Å². The van der Waals surface area contributed by atoms with Gasteiger partial charge in [-0.1, -0.05) is 0 Å². The summed E-state index contributed by atoms with van der Waals surface area (Å²) in [6, 6.07) is 3.47. The van der Waals surface area contributed by atoms with Crippen molar-refractivity contribution in [2.45, 2.75) is 18.9 Å². The quantitative estimate of drug-likeness (QED) is 0.802. The van der Waals surface area contributed by atoms with Crippen LogP contribution in [0.5, 0.6) is 0 Å². The normalized spacial score (nSPS) is 22.1. The Morgan fingerprint density at radius 2 is 2.41 bits per heavy atom. The van der Waals surface area contributed by atoms with Crippen molar-refractivity contribution in [3.8, 4) is 0 Å².